The number of amides is 2. The van der Waals surface area contributed by atoms with Gasteiger partial charge in [0.05, 0.1) is 11.3 Å². The second kappa shape index (κ2) is 9.67. The zero-order valence-electron chi connectivity index (χ0n) is 16.8. The smallest absolute Gasteiger partial charge is 0.291 e. The van der Waals surface area contributed by atoms with E-state index in [-0.39, 0.29) is 32.5 Å². The van der Waals surface area contributed by atoms with Crippen LogP contribution in [0, 0.1) is 5.92 Å². The Labute approximate surface area is 184 Å². The summed E-state index contributed by atoms with van der Waals surface area (Å²) in [7, 11) is -4.12. The van der Waals surface area contributed by atoms with Gasteiger partial charge in [0.1, 0.15) is 0 Å². The molecule has 1 heterocycles. The molecule has 0 saturated carbocycles. The van der Waals surface area contributed by atoms with Crippen molar-refractivity contribution in [1.82, 2.24) is 15.5 Å². The van der Waals surface area contributed by atoms with Crippen molar-refractivity contribution in [3.05, 3.63) is 65.7 Å². The van der Waals surface area contributed by atoms with E-state index in [9.17, 15) is 18.0 Å². The fourth-order valence-corrected chi connectivity index (χ4v) is 4.45. The molecular formula is C20H21N5O4S2. The van der Waals surface area contributed by atoms with Crippen LogP contribution in [0.15, 0.2) is 58.9 Å². The molecule has 2 aromatic carbocycles. The average Bonchev–Trinajstić information content (AvgIpc) is 3.22. The highest BCUT2D eigenvalue weighted by atomic mass is 32.2. The molecule has 1 aromatic heterocycles. The second-order valence-corrected chi connectivity index (χ2v) is 9.78. The Morgan fingerprint density at radius 1 is 0.968 bits per heavy atom. The normalized spacial score (nSPS) is 11.2. The lowest BCUT2D eigenvalue weighted by Crippen LogP contribution is -2.28. The molecule has 31 heavy (non-hydrogen) atoms. The van der Waals surface area contributed by atoms with Gasteiger partial charge < -0.3 is 5.32 Å². The van der Waals surface area contributed by atoms with Crippen molar-refractivity contribution in [2.75, 3.05) is 16.6 Å². The van der Waals surface area contributed by atoms with Crippen LogP contribution in [0.5, 0.6) is 0 Å². The van der Waals surface area contributed by atoms with Crippen LogP contribution in [0.4, 0.5) is 10.8 Å². The maximum Gasteiger partial charge on any atom is 0.291 e. The van der Waals surface area contributed by atoms with E-state index in [0.717, 1.165) is 0 Å². The van der Waals surface area contributed by atoms with Crippen LogP contribution in [0.2, 0.25) is 0 Å². The molecule has 162 valence electrons. The summed E-state index contributed by atoms with van der Waals surface area (Å²) >= 11 is 0.705. The minimum Gasteiger partial charge on any atom is -0.352 e. The lowest BCUT2D eigenvalue weighted by atomic mass is 10.1. The number of benzene rings is 2. The molecule has 3 rings (SSSR count). The van der Waals surface area contributed by atoms with Crippen molar-refractivity contribution < 1.29 is 18.0 Å². The van der Waals surface area contributed by atoms with Crippen molar-refractivity contribution in [2.45, 2.75) is 18.2 Å². The molecule has 3 aromatic rings. The van der Waals surface area contributed by atoms with Crippen molar-refractivity contribution >= 4 is 44.0 Å². The number of carbonyl (C=O) groups is 2. The second-order valence-electron chi connectivity index (χ2n) is 6.95. The summed E-state index contributed by atoms with van der Waals surface area (Å²) in [5.74, 6) is -0.570. The van der Waals surface area contributed by atoms with Gasteiger partial charge in [-0.25, -0.2) is 0 Å². The van der Waals surface area contributed by atoms with Gasteiger partial charge in [-0.2, -0.15) is 8.42 Å². The molecule has 0 aliphatic heterocycles. The van der Waals surface area contributed by atoms with Crippen molar-refractivity contribution in [2.24, 2.45) is 5.92 Å². The summed E-state index contributed by atoms with van der Waals surface area (Å²) in [5.41, 5.74) is 0.712. The van der Waals surface area contributed by atoms with Gasteiger partial charge in [-0.15, -0.1) is 10.2 Å². The van der Waals surface area contributed by atoms with E-state index in [0.29, 0.717) is 23.4 Å². The van der Waals surface area contributed by atoms with Crippen molar-refractivity contribution in [3.63, 3.8) is 0 Å². The number of rotatable bonds is 8. The molecule has 0 radical (unpaired) electrons. The van der Waals surface area contributed by atoms with Gasteiger partial charge in [0.15, 0.2) is 0 Å². The lowest BCUT2D eigenvalue weighted by Gasteiger charge is -2.12. The molecule has 3 N–H and O–H groups in total. The fraction of sp³-hybridized carbons (Fsp3) is 0.200. The number of carbonyl (C=O) groups excluding carboxylic acids is 2. The Morgan fingerprint density at radius 2 is 1.65 bits per heavy atom. The van der Waals surface area contributed by atoms with E-state index in [1.165, 1.54) is 12.1 Å². The summed E-state index contributed by atoms with van der Waals surface area (Å²) < 4.78 is 27.6. The highest BCUT2D eigenvalue weighted by Gasteiger charge is 2.23. The fourth-order valence-electron chi connectivity index (χ4n) is 2.48. The van der Waals surface area contributed by atoms with Crippen LogP contribution in [-0.4, -0.2) is 37.0 Å². The van der Waals surface area contributed by atoms with E-state index < -0.39 is 15.9 Å². The average molecular weight is 460 g/mol. The summed E-state index contributed by atoms with van der Waals surface area (Å²) in [6.45, 7) is 4.37. The van der Waals surface area contributed by atoms with E-state index in [1.54, 1.807) is 42.5 Å². The van der Waals surface area contributed by atoms with Gasteiger partial charge in [0.25, 0.3) is 26.2 Å². The molecule has 0 unspecified atom stereocenters. The Kier molecular flexibility index (Phi) is 6.98. The highest BCUT2D eigenvalue weighted by Crippen LogP contribution is 2.24. The third-order valence-corrected chi connectivity index (χ3v) is 6.55. The number of hydrogen-bond donors (Lipinski definition) is 3. The van der Waals surface area contributed by atoms with Crippen LogP contribution in [0.3, 0.4) is 0 Å². The van der Waals surface area contributed by atoms with Crippen LogP contribution < -0.4 is 15.4 Å². The van der Waals surface area contributed by atoms with E-state index in [4.69, 9.17) is 0 Å². The molecule has 0 spiro atoms. The molecule has 0 fully saturated rings. The largest absolute Gasteiger partial charge is 0.352 e. The zero-order valence-corrected chi connectivity index (χ0v) is 18.5. The lowest BCUT2D eigenvalue weighted by molar-refractivity contribution is 0.0949. The molecule has 0 aliphatic carbocycles. The number of nitrogens with zero attached hydrogens (tertiary/aromatic N) is 2. The Morgan fingerprint density at radius 3 is 2.35 bits per heavy atom. The molecule has 0 aliphatic rings. The first-order chi connectivity index (χ1) is 14.8. The number of para-hydroxylation sites is 1. The monoisotopic (exact) mass is 459 g/mol. The quantitative estimate of drug-likeness (QED) is 0.444. The molecular weight excluding hydrogens is 438 g/mol. The number of nitrogens with one attached hydrogen (secondary N) is 3. The summed E-state index contributed by atoms with van der Waals surface area (Å²) in [5, 5.41) is 12.7. The molecule has 11 heteroatoms. The number of hydrogen-bond acceptors (Lipinski definition) is 7. The van der Waals surface area contributed by atoms with E-state index in [1.807, 2.05) is 13.8 Å². The van der Waals surface area contributed by atoms with Gasteiger partial charge in [0, 0.05) is 12.1 Å². The van der Waals surface area contributed by atoms with Gasteiger partial charge in [0.2, 0.25) is 5.13 Å². The van der Waals surface area contributed by atoms with Crippen LogP contribution in [0.1, 0.15) is 34.6 Å². The Hall–Kier alpha value is -3.31. The van der Waals surface area contributed by atoms with Gasteiger partial charge in [-0.3, -0.25) is 19.6 Å². The minimum absolute atomic E-state index is 0.0391. The Bertz CT molecular complexity index is 1180. The highest BCUT2D eigenvalue weighted by molar-refractivity contribution is 7.94. The Balaban J connectivity index is 1.75. The van der Waals surface area contributed by atoms with Gasteiger partial charge in [-0.05, 0) is 30.2 Å². The number of aromatic nitrogens is 2. The summed E-state index contributed by atoms with van der Waals surface area (Å²) in [6.07, 6.45) is 0. The first-order valence-electron chi connectivity index (χ1n) is 9.36. The van der Waals surface area contributed by atoms with E-state index in [2.05, 4.69) is 25.6 Å². The minimum atomic E-state index is -4.12. The van der Waals surface area contributed by atoms with Gasteiger partial charge >= 0.3 is 0 Å². The van der Waals surface area contributed by atoms with Gasteiger partial charge in [-0.1, -0.05) is 55.5 Å². The maximum atomic E-state index is 12.8. The van der Waals surface area contributed by atoms with Crippen molar-refractivity contribution in [3.8, 4) is 0 Å². The first kappa shape index (κ1) is 22.4. The summed E-state index contributed by atoms with van der Waals surface area (Å²) in [6, 6.07) is 14.7. The van der Waals surface area contributed by atoms with Crippen molar-refractivity contribution in [1.29, 1.82) is 0 Å². The summed E-state index contributed by atoms with van der Waals surface area (Å²) in [4.78, 5) is 24.6. The van der Waals surface area contributed by atoms with Crippen LogP contribution in [0.25, 0.3) is 0 Å². The van der Waals surface area contributed by atoms with Crippen LogP contribution in [-0.2, 0) is 10.0 Å². The molecule has 0 atom stereocenters. The molecule has 0 saturated heterocycles. The van der Waals surface area contributed by atoms with Crippen LogP contribution >= 0.6 is 11.3 Å². The predicted octanol–water partition coefficient (Wildman–Crippen LogP) is 2.98. The zero-order chi connectivity index (χ0) is 22.4. The maximum absolute atomic E-state index is 12.8. The molecule has 9 nitrogen and oxygen atoms in total. The standard InChI is InChI=1S/C20H21N5O4S2/c1-13(2)12-21-18(27)15-10-6-7-11-16(15)25-31(28,29)20-24-23-19(30-20)22-17(26)14-8-4-3-5-9-14/h3-11,13,25H,12H2,1-2H3,(H,21,27)(H,22,23,26). The third-order valence-electron chi connectivity index (χ3n) is 3.98. The van der Waals surface area contributed by atoms with E-state index >= 15 is 0 Å². The first-order valence-corrected chi connectivity index (χ1v) is 11.7. The predicted molar refractivity (Wildman–Crippen MR) is 119 cm³/mol. The molecule has 0 bridgehead atoms. The molecule has 2 amide bonds. The number of sulfonamides is 1. The number of anilines is 2. The topological polar surface area (TPSA) is 130 Å². The third kappa shape index (κ3) is 5.86. The SMILES string of the molecule is CC(C)CNC(=O)c1ccccc1NS(=O)(=O)c1nnc(NC(=O)c2ccccc2)s1.